The van der Waals surface area contributed by atoms with E-state index in [4.69, 9.17) is 0 Å². The first-order valence-corrected chi connectivity index (χ1v) is 7.88. The minimum atomic E-state index is -4.31. The van der Waals surface area contributed by atoms with Gasteiger partial charge in [0, 0.05) is 30.4 Å². The Labute approximate surface area is 118 Å². The fourth-order valence-corrected chi connectivity index (χ4v) is 2.49. The van der Waals surface area contributed by atoms with E-state index in [0.29, 0.717) is 5.69 Å². The molecule has 0 atom stereocenters. The molecule has 102 valence electrons. The largest absolute Gasteiger partial charge is 0.416 e. The highest BCUT2D eigenvalue weighted by Crippen LogP contribution is 2.35. The van der Waals surface area contributed by atoms with Gasteiger partial charge in [0.25, 0.3) is 0 Å². The highest BCUT2D eigenvalue weighted by Gasteiger charge is 2.33. The molecule has 0 aliphatic rings. The molecule has 0 radical (unpaired) electrons. The number of thioether (sulfide) groups is 1. The third kappa shape index (κ3) is 4.09. The van der Waals surface area contributed by atoms with Gasteiger partial charge in [0.2, 0.25) is 0 Å². The number of hydrogen-bond donors (Lipinski definition) is 0. The molecular weight excluding hydrogens is 327 g/mol. The summed E-state index contributed by atoms with van der Waals surface area (Å²) in [6, 6.07) is 4.48. The summed E-state index contributed by atoms with van der Waals surface area (Å²) in [4.78, 5) is 1.84. The van der Waals surface area contributed by atoms with Crippen LogP contribution in [0.5, 0.6) is 0 Å². The van der Waals surface area contributed by atoms with E-state index < -0.39 is 11.7 Å². The molecule has 0 aliphatic heterocycles. The first-order chi connectivity index (χ1) is 8.40. The molecule has 18 heavy (non-hydrogen) atoms. The molecule has 1 rings (SSSR count). The van der Waals surface area contributed by atoms with E-state index in [1.54, 1.807) is 24.9 Å². The summed E-state index contributed by atoms with van der Waals surface area (Å²) in [5, 5.41) is 0.205. The zero-order valence-corrected chi connectivity index (χ0v) is 12.6. The summed E-state index contributed by atoms with van der Waals surface area (Å²) >= 11 is 4.76. The number of benzene rings is 1. The van der Waals surface area contributed by atoms with Crippen LogP contribution in [0.3, 0.4) is 0 Å². The van der Waals surface area contributed by atoms with Crippen LogP contribution >= 0.6 is 27.7 Å². The molecule has 0 N–H and O–H groups in total. The molecular formula is C12H15BrF3NS. The van der Waals surface area contributed by atoms with Crippen molar-refractivity contribution in [2.75, 3.05) is 30.5 Å². The van der Waals surface area contributed by atoms with Crippen molar-refractivity contribution in [3.05, 3.63) is 29.3 Å². The average molecular weight is 342 g/mol. The van der Waals surface area contributed by atoms with Crippen LogP contribution in [0.15, 0.2) is 18.2 Å². The van der Waals surface area contributed by atoms with Crippen LogP contribution in [0.1, 0.15) is 11.1 Å². The van der Waals surface area contributed by atoms with Crippen LogP contribution in [0.4, 0.5) is 18.9 Å². The first kappa shape index (κ1) is 15.7. The number of rotatable bonds is 5. The minimum absolute atomic E-state index is 0.205. The van der Waals surface area contributed by atoms with Crippen molar-refractivity contribution in [3.8, 4) is 0 Å². The van der Waals surface area contributed by atoms with Crippen molar-refractivity contribution in [2.24, 2.45) is 0 Å². The Bertz CT molecular complexity index is 395. The molecule has 6 heteroatoms. The third-order valence-electron chi connectivity index (χ3n) is 2.61. The number of alkyl halides is 4. The minimum Gasteiger partial charge on any atom is -0.374 e. The Morgan fingerprint density at radius 1 is 1.33 bits per heavy atom. The van der Waals surface area contributed by atoms with Crippen LogP contribution in [0.25, 0.3) is 0 Å². The molecule has 1 nitrogen and oxygen atoms in total. The second-order valence-electron chi connectivity index (χ2n) is 3.89. The lowest BCUT2D eigenvalue weighted by molar-refractivity contribution is -0.138. The Kier molecular flexibility index (Phi) is 5.85. The van der Waals surface area contributed by atoms with Gasteiger partial charge in [-0.05, 0) is 24.0 Å². The summed E-state index contributed by atoms with van der Waals surface area (Å²) < 4.78 is 38.7. The molecule has 0 bridgehead atoms. The lowest BCUT2D eigenvalue weighted by atomic mass is 10.1. The van der Waals surface area contributed by atoms with Gasteiger partial charge < -0.3 is 4.90 Å². The number of halogens is 4. The molecule has 0 heterocycles. The van der Waals surface area contributed by atoms with Gasteiger partial charge in [-0.15, -0.1) is 0 Å². The van der Waals surface area contributed by atoms with E-state index in [-0.39, 0.29) is 10.9 Å². The summed E-state index contributed by atoms with van der Waals surface area (Å²) in [7, 11) is 1.81. The summed E-state index contributed by atoms with van der Waals surface area (Å²) in [6.45, 7) is 0.728. The number of anilines is 1. The molecule has 1 aromatic carbocycles. The SMILES string of the molecule is CSCCN(C)c1ccc(CBr)c(C(F)(F)F)c1. The fraction of sp³-hybridized carbons (Fsp3) is 0.500. The van der Waals surface area contributed by atoms with Gasteiger partial charge in [0.1, 0.15) is 0 Å². The molecule has 0 amide bonds. The smallest absolute Gasteiger partial charge is 0.374 e. The van der Waals surface area contributed by atoms with E-state index >= 15 is 0 Å². The monoisotopic (exact) mass is 341 g/mol. The summed E-state index contributed by atoms with van der Waals surface area (Å²) in [5.74, 6) is 0.887. The van der Waals surface area contributed by atoms with Crippen LogP contribution in [0, 0.1) is 0 Å². The van der Waals surface area contributed by atoms with E-state index in [1.165, 1.54) is 12.1 Å². The van der Waals surface area contributed by atoms with E-state index in [0.717, 1.165) is 12.3 Å². The highest BCUT2D eigenvalue weighted by atomic mass is 79.9. The molecule has 0 aromatic heterocycles. The maximum absolute atomic E-state index is 12.9. The van der Waals surface area contributed by atoms with Gasteiger partial charge >= 0.3 is 6.18 Å². The summed E-state index contributed by atoms with van der Waals surface area (Å²) in [5.41, 5.74) is 0.304. The van der Waals surface area contributed by atoms with Crippen LogP contribution in [0.2, 0.25) is 0 Å². The van der Waals surface area contributed by atoms with Crippen LogP contribution in [-0.4, -0.2) is 25.6 Å². The standard InChI is InChI=1S/C12H15BrF3NS/c1-17(5-6-18-2)10-4-3-9(8-13)11(7-10)12(14,15)16/h3-4,7H,5-6,8H2,1-2H3. The van der Waals surface area contributed by atoms with Crippen molar-refractivity contribution >= 4 is 33.4 Å². The molecule has 0 fully saturated rings. The molecule has 0 aliphatic carbocycles. The van der Waals surface area contributed by atoms with Gasteiger partial charge in [-0.1, -0.05) is 22.0 Å². The van der Waals surface area contributed by atoms with Crippen LogP contribution < -0.4 is 4.90 Å². The van der Waals surface area contributed by atoms with Crippen molar-refractivity contribution in [3.63, 3.8) is 0 Å². The zero-order valence-electron chi connectivity index (χ0n) is 10.2. The quantitative estimate of drug-likeness (QED) is 0.730. The van der Waals surface area contributed by atoms with E-state index in [9.17, 15) is 13.2 Å². The molecule has 0 unspecified atom stereocenters. The van der Waals surface area contributed by atoms with Gasteiger partial charge in [-0.3, -0.25) is 0 Å². The second-order valence-corrected chi connectivity index (χ2v) is 5.43. The highest BCUT2D eigenvalue weighted by molar-refractivity contribution is 9.08. The van der Waals surface area contributed by atoms with Gasteiger partial charge in [-0.2, -0.15) is 24.9 Å². The third-order valence-corrected chi connectivity index (χ3v) is 3.81. The predicted octanol–water partition coefficient (Wildman–Crippen LogP) is 4.40. The maximum Gasteiger partial charge on any atom is 0.416 e. The molecule has 0 saturated heterocycles. The van der Waals surface area contributed by atoms with Crippen molar-refractivity contribution in [2.45, 2.75) is 11.5 Å². The van der Waals surface area contributed by atoms with Crippen molar-refractivity contribution < 1.29 is 13.2 Å². The van der Waals surface area contributed by atoms with Crippen molar-refractivity contribution in [1.29, 1.82) is 0 Å². The predicted molar refractivity (Wildman–Crippen MR) is 75.7 cm³/mol. The second kappa shape index (κ2) is 6.70. The maximum atomic E-state index is 12.9. The fourth-order valence-electron chi connectivity index (χ4n) is 1.54. The molecule has 0 spiro atoms. The Hall–Kier alpha value is -0.360. The first-order valence-electron chi connectivity index (χ1n) is 5.36. The zero-order chi connectivity index (χ0) is 13.8. The molecule has 1 aromatic rings. The van der Waals surface area contributed by atoms with Gasteiger partial charge in [0.15, 0.2) is 0 Å². The normalized spacial score (nSPS) is 11.7. The van der Waals surface area contributed by atoms with E-state index in [1.807, 2.05) is 11.2 Å². The Balaban J connectivity index is 3.03. The topological polar surface area (TPSA) is 3.24 Å². The van der Waals surface area contributed by atoms with Crippen LogP contribution in [-0.2, 0) is 11.5 Å². The number of hydrogen-bond acceptors (Lipinski definition) is 2. The van der Waals surface area contributed by atoms with Gasteiger partial charge in [0.05, 0.1) is 5.56 Å². The number of nitrogens with zero attached hydrogens (tertiary/aromatic N) is 1. The molecule has 0 saturated carbocycles. The lowest BCUT2D eigenvalue weighted by Gasteiger charge is -2.21. The lowest BCUT2D eigenvalue weighted by Crippen LogP contribution is -2.21. The Morgan fingerprint density at radius 2 is 2.00 bits per heavy atom. The Morgan fingerprint density at radius 3 is 2.50 bits per heavy atom. The van der Waals surface area contributed by atoms with Gasteiger partial charge in [-0.25, -0.2) is 0 Å². The summed E-state index contributed by atoms with van der Waals surface area (Å²) in [6.07, 6.45) is -2.33. The van der Waals surface area contributed by atoms with Crippen molar-refractivity contribution in [1.82, 2.24) is 0 Å². The van der Waals surface area contributed by atoms with E-state index in [2.05, 4.69) is 15.9 Å². The average Bonchev–Trinajstić information content (AvgIpc) is 2.34.